The van der Waals surface area contributed by atoms with Crippen LogP contribution in [0.1, 0.15) is 18.5 Å². The summed E-state index contributed by atoms with van der Waals surface area (Å²) in [7, 11) is 0. The summed E-state index contributed by atoms with van der Waals surface area (Å²) in [4.78, 5) is 21.1. The van der Waals surface area contributed by atoms with Gasteiger partial charge in [0.05, 0.1) is 11.8 Å². The number of carbonyl (C=O) groups is 1. The molecule has 6 heteroatoms. The van der Waals surface area contributed by atoms with Crippen molar-refractivity contribution in [1.29, 1.82) is 0 Å². The number of nitrogens with two attached hydrogens (primary N) is 1. The van der Waals surface area contributed by atoms with Crippen molar-refractivity contribution in [3.8, 4) is 0 Å². The Kier molecular flexibility index (Phi) is 5.02. The van der Waals surface area contributed by atoms with Crippen LogP contribution in [0.25, 0.3) is 0 Å². The van der Waals surface area contributed by atoms with Crippen LogP contribution in [-0.4, -0.2) is 65.6 Å². The average molecular weight is 304 g/mol. The first-order valence-electron chi connectivity index (χ1n) is 8.03. The fourth-order valence-electron chi connectivity index (χ4n) is 3.11. The molecule has 22 heavy (non-hydrogen) atoms. The summed E-state index contributed by atoms with van der Waals surface area (Å²) >= 11 is 0. The summed E-state index contributed by atoms with van der Waals surface area (Å²) in [6.45, 7) is 4.64. The third kappa shape index (κ3) is 3.63. The van der Waals surface area contributed by atoms with Crippen LogP contribution >= 0.6 is 0 Å². The third-order valence-electron chi connectivity index (χ3n) is 4.44. The number of amides is 1. The van der Waals surface area contributed by atoms with Gasteiger partial charge in [0.1, 0.15) is 6.10 Å². The van der Waals surface area contributed by atoms with Gasteiger partial charge in [-0.3, -0.25) is 14.7 Å². The van der Waals surface area contributed by atoms with Gasteiger partial charge < -0.3 is 15.4 Å². The number of piperazine rings is 1. The van der Waals surface area contributed by atoms with E-state index >= 15 is 0 Å². The predicted octanol–water partition coefficient (Wildman–Crippen LogP) is 0.232. The zero-order valence-electron chi connectivity index (χ0n) is 12.9. The zero-order chi connectivity index (χ0) is 15.4. The maximum atomic E-state index is 12.5. The molecule has 0 radical (unpaired) electrons. The van der Waals surface area contributed by atoms with Gasteiger partial charge in [-0.25, -0.2) is 0 Å². The number of aromatic nitrogens is 1. The van der Waals surface area contributed by atoms with Gasteiger partial charge in [0, 0.05) is 45.5 Å². The molecule has 1 amide bonds. The molecule has 2 aliphatic rings. The SMILES string of the molecule is NC[C@H]1CC[C@@H](C(=O)N2CCN(Cc3ccccn3)CC2)O1. The monoisotopic (exact) mass is 304 g/mol. The Morgan fingerprint density at radius 3 is 2.73 bits per heavy atom. The minimum Gasteiger partial charge on any atom is -0.364 e. The first kappa shape index (κ1) is 15.4. The molecule has 2 aliphatic heterocycles. The van der Waals surface area contributed by atoms with Gasteiger partial charge >= 0.3 is 0 Å². The lowest BCUT2D eigenvalue weighted by atomic mass is 10.1. The molecule has 0 bridgehead atoms. The second-order valence-corrected chi connectivity index (χ2v) is 5.98. The van der Waals surface area contributed by atoms with E-state index in [-0.39, 0.29) is 18.1 Å². The van der Waals surface area contributed by atoms with Gasteiger partial charge in [-0.05, 0) is 25.0 Å². The Bertz CT molecular complexity index is 488. The van der Waals surface area contributed by atoms with E-state index in [9.17, 15) is 4.79 Å². The van der Waals surface area contributed by atoms with E-state index in [2.05, 4.69) is 9.88 Å². The van der Waals surface area contributed by atoms with Gasteiger partial charge in [-0.1, -0.05) is 6.07 Å². The molecule has 0 unspecified atom stereocenters. The van der Waals surface area contributed by atoms with Gasteiger partial charge in [-0.2, -0.15) is 0 Å². The third-order valence-corrected chi connectivity index (χ3v) is 4.44. The van der Waals surface area contributed by atoms with E-state index in [0.717, 1.165) is 51.3 Å². The number of ether oxygens (including phenoxy) is 1. The smallest absolute Gasteiger partial charge is 0.251 e. The highest BCUT2D eigenvalue weighted by Crippen LogP contribution is 2.21. The van der Waals surface area contributed by atoms with Gasteiger partial charge in [-0.15, -0.1) is 0 Å². The van der Waals surface area contributed by atoms with Gasteiger partial charge in [0.15, 0.2) is 0 Å². The number of hydrogen-bond donors (Lipinski definition) is 1. The average Bonchev–Trinajstić information content (AvgIpc) is 3.05. The minimum atomic E-state index is -0.282. The molecule has 1 aromatic rings. The lowest BCUT2D eigenvalue weighted by molar-refractivity contribution is -0.144. The summed E-state index contributed by atoms with van der Waals surface area (Å²) in [5.74, 6) is 0.133. The molecule has 0 spiro atoms. The molecule has 2 saturated heterocycles. The van der Waals surface area contributed by atoms with Crippen molar-refractivity contribution in [3.05, 3.63) is 30.1 Å². The van der Waals surface area contributed by atoms with E-state index in [1.807, 2.05) is 29.3 Å². The Labute approximate surface area is 131 Å². The van der Waals surface area contributed by atoms with Crippen LogP contribution in [0.2, 0.25) is 0 Å². The van der Waals surface area contributed by atoms with E-state index in [1.54, 1.807) is 0 Å². The molecule has 0 saturated carbocycles. The van der Waals surface area contributed by atoms with Crippen LogP contribution in [0.5, 0.6) is 0 Å². The molecule has 1 aromatic heterocycles. The molecule has 2 N–H and O–H groups in total. The molecule has 120 valence electrons. The first-order chi connectivity index (χ1) is 10.8. The lowest BCUT2D eigenvalue weighted by Crippen LogP contribution is -2.51. The highest BCUT2D eigenvalue weighted by atomic mass is 16.5. The highest BCUT2D eigenvalue weighted by Gasteiger charge is 2.34. The van der Waals surface area contributed by atoms with Crippen LogP contribution in [0.4, 0.5) is 0 Å². The molecule has 0 aliphatic carbocycles. The topological polar surface area (TPSA) is 71.7 Å². The van der Waals surface area contributed by atoms with Crippen molar-refractivity contribution >= 4 is 5.91 Å². The van der Waals surface area contributed by atoms with E-state index < -0.39 is 0 Å². The molecular formula is C16H24N4O2. The van der Waals surface area contributed by atoms with Crippen molar-refractivity contribution < 1.29 is 9.53 Å². The Balaban J connectivity index is 1.46. The maximum Gasteiger partial charge on any atom is 0.251 e. The Hall–Kier alpha value is -1.50. The van der Waals surface area contributed by atoms with Crippen LogP contribution in [0.15, 0.2) is 24.4 Å². The van der Waals surface area contributed by atoms with Crippen LogP contribution < -0.4 is 5.73 Å². The quantitative estimate of drug-likeness (QED) is 0.862. The van der Waals surface area contributed by atoms with Crippen LogP contribution in [0.3, 0.4) is 0 Å². The zero-order valence-corrected chi connectivity index (χ0v) is 12.9. The predicted molar refractivity (Wildman–Crippen MR) is 83.0 cm³/mol. The molecule has 0 aromatic carbocycles. The van der Waals surface area contributed by atoms with Crippen molar-refractivity contribution in [1.82, 2.24) is 14.8 Å². The number of hydrogen-bond acceptors (Lipinski definition) is 5. The van der Waals surface area contributed by atoms with Crippen molar-refractivity contribution in [2.75, 3.05) is 32.7 Å². The van der Waals surface area contributed by atoms with E-state index in [1.165, 1.54) is 0 Å². The number of pyridine rings is 1. The van der Waals surface area contributed by atoms with E-state index in [0.29, 0.717) is 6.54 Å². The summed E-state index contributed by atoms with van der Waals surface area (Å²) in [6.07, 6.45) is 3.29. The number of carbonyl (C=O) groups excluding carboxylic acids is 1. The number of rotatable bonds is 4. The molecular weight excluding hydrogens is 280 g/mol. The van der Waals surface area contributed by atoms with Crippen molar-refractivity contribution in [2.24, 2.45) is 5.73 Å². The molecule has 6 nitrogen and oxygen atoms in total. The van der Waals surface area contributed by atoms with Crippen molar-refractivity contribution in [2.45, 2.75) is 31.6 Å². The molecule has 2 fully saturated rings. The lowest BCUT2D eigenvalue weighted by Gasteiger charge is -2.35. The summed E-state index contributed by atoms with van der Waals surface area (Å²) in [5, 5.41) is 0. The standard InChI is InChI=1S/C16H24N4O2/c17-11-14-4-5-15(22-14)16(21)20-9-7-19(8-10-20)12-13-3-1-2-6-18-13/h1-3,6,14-15H,4-5,7-12,17H2/t14-,15+/m1/s1. The second kappa shape index (κ2) is 7.17. The summed E-state index contributed by atoms with van der Waals surface area (Å²) in [5.41, 5.74) is 6.68. The largest absolute Gasteiger partial charge is 0.364 e. The fourth-order valence-corrected chi connectivity index (χ4v) is 3.11. The van der Waals surface area contributed by atoms with Gasteiger partial charge in [0.25, 0.3) is 5.91 Å². The number of nitrogens with zero attached hydrogens (tertiary/aromatic N) is 3. The second-order valence-electron chi connectivity index (χ2n) is 5.98. The Morgan fingerprint density at radius 2 is 2.09 bits per heavy atom. The van der Waals surface area contributed by atoms with Gasteiger partial charge in [0.2, 0.25) is 0 Å². The highest BCUT2D eigenvalue weighted by molar-refractivity contribution is 5.81. The minimum absolute atomic E-state index is 0.0550. The summed E-state index contributed by atoms with van der Waals surface area (Å²) in [6, 6.07) is 5.97. The fraction of sp³-hybridized carbons (Fsp3) is 0.625. The van der Waals surface area contributed by atoms with Crippen LogP contribution in [-0.2, 0) is 16.1 Å². The normalized spacial score (nSPS) is 26.3. The maximum absolute atomic E-state index is 12.5. The van der Waals surface area contributed by atoms with E-state index in [4.69, 9.17) is 10.5 Å². The molecule has 3 heterocycles. The molecule has 2 atom stereocenters. The Morgan fingerprint density at radius 1 is 1.27 bits per heavy atom. The van der Waals surface area contributed by atoms with Crippen LogP contribution in [0, 0.1) is 0 Å². The summed E-state index contributed by atoms with van der Waals surface area (Å²) < 4.78 is 5.71. The van der Waals surface area contributed by atoms with Crippen molar-refractivity contribution in [3.63, 3.8) is 0 Å². The molecule has 3 rings (SSSR count). The first-order valence-corrected chi connectivity index (χ1v) is 8.03.